The van der Waals surface area contributed by atoms with Crippen molar-refractivity contribution in [3.63, 3.8) is 0 Å². The van der Waals surface area contributed by atoms with Gasteiger partial charge in [-0.1, -0.05) is 12.1 Å². The Morgan fingerprint density at radius 3 is 2.58 bits per heavy atom. The second-order valence-electron chi connectivity index (χ2n) is 10.3. The number of aromatic nitrogens is 3. The molecule has 3 N–H and O–H groups in total. The Labute approximate surface area is 208 Å². The highest BCUT2D eigenvalue weighted by atomic mass is 16.6. The molecule has 2 heterocycles. The lowest BCUT2D eigenvalue weighted by Crippen LogP contribution is -2.34. The third kappa shape index (κ3) is 4.48. The van der Waals surface area contributed by atoms with E-state index in [9.17, 15) is 14.7 Å². The summed E-state index contributed by atoms with van der Waals surface area (Å²) >= 11 is 0. The first-order chi connectivity index (χ1) is 17.0. The molecule has 4 aromatic rings. The van der Waals surface area contributed by atoms with E-state index in [2.05, 4.69) is 14.9 Å². The molecule has 0 aliphatic heterocycles. The number of hydrogen-bond acceptors (Lipinski definition) is 5. The number of fused-ring (bicyclic) bond motifs is 2. The number of hydrogen-bond donors (Lipinski definition) is 3. The number of rotatable bonds is 6. The maximum atomic E-state index is 12.2. The van der Waals surface area contributed by atoms with Crippen LogP contribution in [0.5, 0.6) is 5.75 Å². The van der Waals surface area contributed by atoms with Gasteiger partial charge in [-0.25, -0.2) is 14.6 Å². The van der Waals surface area contributed by atoms with Crippen molar-refractivity contribution in [3.8, 4) is 17.3 Å². The molecule has 188 valence electrons. The summed E-state index contributed by atoms with van der Waals surface area (Å²) in [5.74, 6) is 0.215. The van der Waals surface area contributed by atoms with Crippen LogP contribution in [0, 0.1) is 0 Å². The number of carboxylic acid groups (broad SMARTS) is 1. The van der Waals surface area contributed by atoms with E-state index in [1.807, 2.05) is 52.0 Å². The summed E-state index contributed by atoms with van der Waals surface area (Å²) in [6.45, 7) is 7.40. The first-order valence-electron chi connectivity index (χ1n) is 12.0. The van der Waals surface area contributed by atoms with Crippen LogP contribution in [0.4, 0.5) is 4.79 Å². The van der Waals surface area contributed by atoms with Crippen LogP contribution in [0.25, 0.3) is 33.5 Å². The zero-order chi connectivity index (χ0) is 25.8. The van der Waals surface area contributed by atoms with E-state index in [0.29, 0.717) is 11.3 Å². The SMILES string of the molecule is COc1cc(C(=O)O)cc2nc(-c3cc4ccc(C(C)NC(=O)OC(C)(C)C)cc4[nH]3)n(C3CC3)c12. The largest absolute Gasteiger partial charge is 0.494 e. The lowest BCUT2D eigenvalue weighted by atomic mass is 10.1. The van der Waals surface area contributed by atoms with Crippen molar-refractivity contribution in [1.82, 2.24) is 19.9 Å². The van der Waals surface area contributed by atoms with Crippen molar-refractivity contribution < 1.29 is 24.2 Å². The third-order valence-corrected chi connectivity index (χ3v) is 6.25. The van der Waals surface area contributed by atoms with E-state index >= 15 is 0 Å². The molecular weight excluding hydrogens is 460 g/mol. The van der Waals surface area contributed by atoms with Crippen LogP contribution in [0.2, 0.25) is 0 Å². The van der Waals surface area contributed by atoms with Crippen molar-refractivity contribution in [3.05, 3.63) is 47.5 Å². The Morgan fingerprint density at radius 2 is 1.94 bits per heavy atom. The summed E-state index contributed by atoms with van der Waals surface area (Å²) in [4.78, 5) is 32.1. The van der Waals surface area contributed by atoms with Crippen LogP contribution in [0.15, 0.2) is 36.4 Å². The monoisotopic (exact) mass is 490 g/mol. The van der Waals surface area contributed by atoms with Gasteiger partial charge in [-0.3, -0.25) is 0 Å². The minimum Gasteiger partial charge on any atom is -0.494 e. The van der Waals surface area contributed by atoms with Gasteiger partial charge in [0.15, 0.2) is 5.82 Å². The van der Waals surface area contributed by atoms with Crippen molar-refractivity contribution in [2.24, 2.45) is 0 Å². The van der Waals surface area contributed by atoms with Gasteiger partial charge in [0.1, 0.15) is 16.9 Å². The molecule has 0 saturated heterocycles. The van der Waals surface area contributed by atoms with Crippen LogP contribution in [-0.2, 0) is 4.74 Å². The number of benzene rings is 2. The number of H-pyrrole nitrogens is 1. The van der Waals surface area contributed by atoms with Crippen LogP contribution >= 0.6 is 0 Å². The van der Waals surface area contributed by atoms with Crippen LogP contribution < -0.4 is 10.1 Å². The molecule has 0 radical (unpaired) electrons. The van der Waals surface area contributed by atoms with Crippen LogP contribution in [-0.4, -0.2) is 44.4 Å². The molecule has 1 aliphatic carbocycles. The van der Waals surface area contributed by atoms with E-state index < -0.39 is 17.7 Å². The molecule has 1 saturated carbocycles. The molecule has 9 heteroatoms. The average Bonchev–Trinajstić information content (AvgIpc) is 3.42. The Balaban J connectivity index is 1.53. The first-order valence-corrected chi connectivity index (χ1v) is 12.0. The Hall–Kier alpha value is -4.01. The fraction of sp³-hybridized carbons (Fsp3) is 0.370. The second-order valence-corrected chi connectivity index (χ2v) is 10.3. The van der Waals surface area contributed by atoms with Crippen molar-refractivity contribution in [2.75, 3.05) is 7.11 Å². The number of ether oxygens (including phenoxy) is 2. The Morgan fingerprint density at radius 1 is 1.19 bits per heavy atom. The summed E-state index contributed by atoms with van der Waals surface area (Å²) in [6.07, 6.45) is 1.59. The highest BCUT2D eigenvalue weighted by Gasteiger charge is 2.31. The lowest BCUT2D eigenvalue weighted by Gasteiger charge is -2.22. The molecule has 2 aromatic carbocycles. The number of aromatic carboxylic acids is 1. The van der Waals surface area contributed by atoms with E-state index in [0.717, 1.165) is 46.3 Å². The molecule has 1 unspecified atom stereocenters. The van der Waals surface area contributed by atoms with Gasteiger partial charge in [0.25, 0.3) is 0 Å². The predicted molar refractivity (Wildman–Crippen MR) is 137 cm³/mol. The number of carbonyl (C=O) groups is 2. The van der Waals surface area contributed by atoms with Gasteiger partial charge >= 0.3 is 12.1 Å². The van der Waals surface area contributed by atoms with Gasteiger partial charge in [-0.2, -0.15) is 0 Å². The minimum atomic E-state index is -1.02. The van der Waals surface area contributed by atoms with Gasteiger partial charge in [0, 0.05) is 16.9 Å². The number of carbonyl (C=O) groups excluding carboxylic acids is 1. The van der Waals surface area contributed by atoms with Crippen LogP contribution in [0.1, 0.15) is 68.5 Å². The fourth-order valence-corrected chi connectivity index (χ4v) is 4.45. The van der Waals surface area contributed by atoms with Gasteiger partial charge < -0.3 is 29.4 Å². The van der Waals surface area contributed by atoms with Gasteiger partial charge in [0.05, 0.1) is 29.9 Å². The van der Waals surface area contributed by atoms with Gasteiger partial charge in [-0.05, 0) is 70.4 Å². The standard InChI is InChI=1S/C27H30N4O5/c1-14(28-26(34)36-27(2,3)4)15-6-7-16-11-21(29-19(16)10-15)24-30-20-12-17(25(32)33)13-22(35-5)23(20)31(24)18-8-9-18/h6-7,10-14,18,29H,8-9H2,1-5H3,(H,28,34)(H,32,33). The van der Waals surface area contributed by atoms with Crippen molar-refractivity contribution >= 4 is 34.0 Å². The first kappa shape index (κ1) is 23.7. The molecule has 0 spiro atoms. The summed E-state index contributed by atoms with van der Waals surface area (Å²) in [5.41, 5.74) is 3.63. The number of aromatic amines is 1. The Kier molecular flexibility index (Phi) is 5.65. The predicted octanol–water partition coefficient (Wildman–Crippen LogP) is 5.81. The molecule has 1 aliphatic rings. The number of nitrogens with one attached hydrogen (secondary N) is 2. The van der Waals surface area contributed by atoms with Gasteiger partial charge in [0.2, 0.25) is 0 Å². The highest BCUT2D eigenvalue weighted by Crippen LogP contribution is 2.44. The fourth-order valence-electron chi connectivity index (χ4n) is 4.45. The normalized spacial score (nSPS) is 14.7. The molecule has 9 nitrogen and oxygen atoms in total. The van der Waals surface area contributed by atoms with Crippen molar-refractivity contribution in [2.45, 2.75) is 58.2 Å². The number of amides is 1. The quantitative estimate of drug-likeness (QED) is 0.314. The average molecular weight is 491 g/mol. The third-order valence-electron chi connectivity index (χ3n) is 6.25. The molecule has 5 rings (SSSR count). The zero-order valence-corrected chi connectivity index (χ0v) is 21.0. The second kappa shape index (κ2) is 8.58. The minimum absolute atomic E-state index is 0.138. The zero-order valence-electron chi connectivity index (χ0n) is 21.0. The van der Waals surface area contributed by atoms with E-state index in [1.165, 1.54) is 0 Å². The highest BCUT2D eigenvalue weighted by molar-refractivity contribution is 5.97. The molecule has 2 aromatic heterocycles. The summed E-state index contributed by atoms with van der Waals surface area (Å²) < 4.78 is 13.1. The summed E-state index contributed by atoms with van der Waals surface area (Å²) in [6, 6.07) is 11.2. The number of imidazole rings is 1. The molecule has 1 fully saturated rings. The molecule has 36 heavy (non-hydrogen) atoms. The lowest BCUT2D eigenvalue weighted by molar-refractivity contribution is 0.0507. The van der Waals surface area contributed by atoms with Crippen molar-refractivity contribution in [1.29, 1.82) is 0 Å². The number of nitrogens with zero attached hydrogens (tertiary/aromatic N) is 2. The number of carboxylic acids is 1. The molecule has 0 bridgehead atoms. The molecular formula is C27H30N4O5. The smallest absolute Gasteiger partial charge is 0.408 e. The topological polar surface area (TPSA) is 118 Å². The van der Waals surface area contributed by atoms with E-state index in [-0.39, 0.29) is 17.6 Å². The Bertz CT molecular complexity index is 1490. The summed E-state index contributed by atoms with van der Waals surface area (Å²) in [5, 5.41) is 13.4. The molecule has 1 amide bonds. The van der Waals surface area contributed by atoms with Crippen LogP contribution in [0.3, 0.4) is 0 Å². The number of methoxy groups -OCH3 is 1. The van der Waals surface area contributed by atoms with E-state index in [4.69, 9.17) is 14.5 Å². The summed E-state index contributed by atoms with van der Waals surface area (Å²) in [7, 11) is 1.54. The van der Waals surface area contributed by atoms with E-state index in [1.54, 1.807) is 19.2 Å². The maximum Gasteiger partial charge on any atom is 0.408 e. The van der Waals surface area contributed by atoms with Gasteiger partial charge in [-0.15, -0.1) is 0 Å². The molecule has 1 atom stereocenters. The number of alkyl carbamates (subject to hydrolysis) is 1. The maximum absolute atomic E-state index is 12.2.